The van der Waals surface area contributed by atoms with Crippen molar-refractivity contribution in [3.63, 3.8) is 0 Å². The summed E-state index contributed by atoms with van der Waals surface area (Å²) >= 11 is 0. The van der Waals surface area contributed by atoms with E-state index in [1.54, 1.807) is 0 Å². The van der Waals surface area contributed by atoms with Gasteiger partial charge in [0.15, 0.2) is 0 Å². The summed E-state index contributed by atoms with van der Waals surface area (Å²) in [7, 11) is 0. The van der Waals surface area contributed by atoms with Crippen molar-refractivity contribution in [1.82, 2.24) is 10.6 Å². The molecule has 1 atom stereocenters. The van der Waals surface area contributed by atoms with Crippen LogP contribution in [0, 0.1) is 5.92 Å². The van der Waals surface area contributed by atoms with Crippen LogP contribution in [0.15, 0.2) is 30.3 Å². The van der Waals surface area contributed by atoms with E-state index in [0.717, 1.165) is 12.1 Å². The zero-order chi connectivity index (χ0) is 12.0. The average Bonchev–Trinajstić information content (AvgIpc) is 2.25. The summed E-state index contributed by atoms with van der Waals surface area (Å²) in [4.78, 5) is 10.7. The van der Waals surface area contributed by atoms with Gasteiger partial charge in [-0.3, -0.25) is 5.32 Å². The van der Waals surface area contributed by atoms with Crippen LogP contribution in [-0.2, 0) is 0 Å². The molecule has 1 unspecified atom stereocenters. The molecule has 0 aliphatic heterocycles. The van der Waals surface area contributed by atoms with Gasteiger partial charge in [-0.25, -0.2) is 4.79 Å². The summed E-state index contributed by atoms with van der Waals surface area (Å²) in [6.45, 7) is 4.92. The van der Waals surface area contributed by atoms with Gasteiger partial charge in [0.25, 0.3) is 0 Å². The highest BCUT2D eigenvalue weighted by Gasteiger charge is 2.12. The zero-order valence-electron chi connectivity index (χ0n) is 9.60. The van der Waals surface area contributed by atoms with Crippen molar-refractivity contribution in [2.75, 3.05) is 6.54 Å². The number of amides is 1. The van der Waals surface area contributed by atoms with Gasteiger partial charge in [-0.15, -0.1) is 0 Å². The number of nitrogens with one attached hydrogen (secondary N) is 2. The van der Waals surface area contributed by atoms with Crippen molar-refractivity contribution in [1.29, 1.82) is 0 Å². The lowest BCUT2D eigenvalue weighted by Gasteiger charge is -2.20. The summed E-state index contributed by atoms with van der Waals surface area (Å²) in [6, 6.07) is 9.48. The van der Waals surface area contributed by atoms with E-state index in [9.17, 15) is 4.79 Å². The second kappa shape index (κ2) is 6.12. The van der Waals surface area contributed by atoms with E-state index in [0.29, 0.717) is 5.92 Å². The predicted octanol–water partition coefficient (Wildman–Crippen LogP) is 2.20. The standard InChI is InChI=1S/C12H18N2O2/c1-9(2)8-13-11(14-12(15)16)10-6-4-3-5-7-10/h3-7,9,11,13-14H,8H2,1-2H3,(H,15,16). The summed E-state index contributed by atoms with van der Waals surface area (Å²) in [5, 5.41) is 14.4. The lowest BCUT2D eigenvalue weighted by atomic mass is 10.1. The fourth-order valence-electron chi connectivity index (χ4n) is 1.37. The Morgan fingerprint density at radius 1 is 1.31 bits per heavy atom. The molecule has 0 radical (unpaired) electrons. The molecule has 0 aromatic heterocycles. The molecule has 1 aromatic carbocycles. The smallest absolute Gasteiger partial charge is 0.406 e. The van der Waals surface area contributed by atoms with Gasteiger partial charge in [-0.1, -0.05) is 44.2 Å². The highest BCUT2D eigenvalue weighted by atomic mass is 16.4. The molecule has 0 fully saturated rings. The summed E-state index contributed by atoms with van der Waals surface area (Å²) < 4.78 is 0. The predicted molar refractivity (Wildman–Crippen MR) is 63.2 cm³/mol. The molecule has 0 saturated carbocycles. The number of carboxylic acid groups (broad SMARTS) is 1. The quantitative estimate of drug-likeness (QED) is 0.669. The van der Waals surface area contributed by atoms with E-state index >= 15 is 0 Å². The number of hydrogen-bond acceptors (Lipinski definition) is 2. The number of benzene rings is 1. The molecule has 0 spiro atoms. The van der Waals surface area contributed by atoms with E-state index in [2.05, 4.69) is 24.5 Å². The van der Waals surface area contributed by atoms with Gasteiger partial charge < -0.3 is 10.4 Å². The molecule has 0 bridgehead atoms. The molecule has 4 nitrogen and oxygen atoms in total. The Labute approximate surface area is 95.7 Å². The molecule has 0 heterocycles. The van der Waals surface area contributed by atoms with E-state index in [1.165, 1.54) is 0 Å². The lowest BCUT2D eigenvalue weighted by molar-refractivity contribution is 0.186. The molecular formula is C12H18N2O2. The van der Waals surface area contributed by atoms with Crippen molar-refractivity contribution in [2.45, 2.75) is 20.0 Å². The number of carbonyl (C=O) groups is 1. The second-order valence-corrected chi connectivity index (χ2v) is 4.10. The molecule has 0 aliphatic carbocycles. The van der Waals surface area contributed by atoms with E-state index in [4.69, 9.17) is 5.11 Å². The fraction of sp³-hybridized carbons (Fsp3) is 0.417. The first kappa shape index (κ1) is 12.5. The molecule has 3 N–H and O–H groups in total. The Kier molecular flexibility index (Phi) is 4.79. The van der Waals surface area contributed by atoms with Crippen LogP contribution in [0.4, 0.5) is 4.79 Å². The Balaban J connectivity index is 2.67. The van der Waals surface area contributed by atoms with Crippen LogP contribution in [0.2, 0.25) is 0 Å². The number of hydrogen-bond donors (Lipinski definition) is 3. The molecule has 88 valence electrons. The topological polar surface area (TPSA) is 61.4 Å². The summed E-state index contributed by atoms with van der Waals surface area (Å²) in [5.41, 5.74) is 0.922. The first-order valence-electron chi connectivity index (χ1n) is 5.37. The van der Waals surface area contributed by atoms with Crippen LogP contribution in [0.3, 0.4) is 0 Å². The Morgan fingerprint density at radius 2 is 1.94 bits per heavy atom. The minimum absolute atomic E-state index is 0.346. The van der Waals surface area contributed by atoms with Gasteiger partial charge in [0, 0.05) is 0 Å². The molecular weight excluding hydrogens is 204 g/mol. The van der Waals surface area contributed by atoms with Crippen LogP contribution in [-0.4, -0.2) is 17.7 Å². The van der Waals surface area contributed by atoms with Gasteiger partial charge >= 0.3 is 6.09 Å². The van der Waals surface area contributed by atoms with Gasteiger partial charge in [-0.05, 0) is 18.0 Å². The fourth-order valence-corrected chi connectivity index (χ4v) is 1.37. The molecule has 4 heteroatoms. The maximum atomic E-state index is 10.7. The minimum Gasteiger partial charge on any atom is -0.465 e. The first-order chi connectivity index (χ1) is 7.59. The molecule has 16 heavy (non-hydrogen) atoms. The highest BCUT2D eigenvalue weighted by Crippen LogP contribution is 2.09. The largest absolute Gasteiger partial charge is 0.465 e. The van der Waals surface area contributed by atoms with Crippen LogP contribution in [0.25, 0.3) is 0 Å². The van der Waals surface area contributed by atoms with Crippen molar-refractivity contribution < 1.29 is 9.90 Å². The average molecular weight is 222 g/mol. The first-order valence-corrected chi connectivity index (χ1v) is 5.37. The van der Waals surface area contributed by atoms with Crippen molar-refractivity contribution in [2.24, 2.45) is 5.92 Å². The zero-order valence-corrected chi connectivity index (χ0v) is 9.60. The SMILES string of the molecule is CC(C)CNC(NC(=O)O)c1ccccc1. The lowest BCUT2D eigenvalue weighted by Crippen LogP contribution is -2.38. The molecule has 0 aliphatic rings. The molecule has 1 amide bonds. The monoisotopic (exact) mass is 222 g/mol. The van der Waals surface area contributed by atoms with Gasteiger partial charge in [-0.2, -0.15) is 0 Å². The molecule has 1 rings (SSSR count). The molecule has 1 aromatic rings. The maximum Gasteiger partial charge on any atom is 0.406 e. The third-order valence-corrected chi connectivity index (χ3v) is 2.13. The highest BCUT2D eigenvalue weighted by molar-refractivity contribution is 5.65. The second-order valence-electron chi connectivity index (χ2n) is 4.10. The molecule has 0 saturated heterocycles. The Morgan fingerprint density at radius 3 is 2.44 bits per heavy atom. The van der Waals surface area contributed by atoms with E-state index < -0.39 is 6.09 Å². The normalized spacial score (nSPS) is 12.4. The van der Waals surface area contributed by atoms with Gasteiger partial charge in [0.2, 0.25) is 0 Å². The minimum atomic E-state index is -1.02. The Bertz CT molecular complexity index is 325. The third-order valence-electron chi connectivity index (χ3n) is 2.13. The van der Waals surface area contributed by atoms with E-state index in [1.807, 2.05) is 30.3 Å². The van der Waals surface area contributed by atoms with Gasteiger partial charge in [0.05, 0.1) is 0 Å². The van der Waals surface area contributed by atoms with Crippen molar-refractivity contribution >= 4 is 6.09 Å². The maximum absolute atomic E-state index is 10.7. The van der Waals surface area contributed by atoms with Crippen LogP contribution in [0.1, 0.15) is 25.6 Å². The summed E-state index contributed by atoms with van der Waals surface area (Å²) in [6.07, 6.45) is -1.37. The van der Waals surface area contributed by atoms with Crippen molar-refractivity contribution in [3.05, 3.63) is 35.9 Å². The van der Waals surface area contributed by atoms with Crippen LogP contribution >= 0.6 is 0 Å². The van der Waals surface area contributed by atoms with Gasteiger partial charge in [0.1, 0.15) is 6.17 Å². The summed E-state index contributed by atoms with van der Waals surface area (Å²) in [5.74, 6) is 0.474. The Hall–Kier alpha value is -1.55. The third kappa shape index (κ3) is 4.31. The van der Waals surface area contributed by atoms with E-state index in [-0.39, 0.29) is 6.17 Å². The van der Waals surface area contributed by atoms with Crippen molar-refractivity contribution in [3.8, 4) is 0 Å². The van der Waals surface area contributed by atoms with Crippen LogP contribution < -0.4 is 10.6 Å². The number of rotatable bonds is 5. The van der Waals surface area contributed by atoms with Crippen LogP contribution in [0.5, 0.6) is 0 Å².